The molecule has 0 radical (unpaired) electrons. The van der Waals surface area contributed by atoms with Gasteiger partial charge >= 0.3 is 6.18 Å². The van der Waals surface area contributed by atoms with Crippen molar-refractivity contribution in [2.24, 2.45) is 0 Å². The van der Waals surface area contributed by atoms with Crippen molar-refractivity contribution in [3.63, 3.8) is 0 Å². The summed E-state index contributed by atoms with van der Waals surface area (Å²) in [6, 6.07) is 10.2. The van der Waals surface area contributed by atoms with E-state index in [1.807, 2.05) is 31.1 Å². The van der Waals surface area contributed by atoms with Gasteiger partial charge in [-0.2, -0.15) is 13.2 Å². The minimum atomic E-state index is -4.37. The molecule has 0 aliphatic rings. The maximum Gasteiger partial charge on any atom is 0.416 e. The Bertz CT molecular complexity index is 730. The number of rotatable bonds is 8. The van der Waals surface area contributed by atoms with Gasteiger partial charge in [0.05, 0.1) is 19.8 Å². The van der Waals surface area contributed by atoms with Crippen molar-refractivity contribution >= 4 is 0 Å². The predicted molar refractivity (Wildman–Crippen MR) is 97.5 cm³/mol. The van der Waals surface area contributed by atoms with Gasteiger partial charge in [-0.05, 0) is 56.1 Å². The zero-order valence-electron chi connectivity index (χ0n) is 15.8. The largest absolute Gasteiger partial charge is 0.493 e. The molecule has 0 saturated carbocycles. The number of methoxy groups -OCH3 is 2. The molecule has 0 aliphatic heterocycles. The molecule has 7 heteroatoms. The second-order valence-electron chi connectivity index (χ2n) is 6.34. The van der Waals surface area contributed by atoms with Crippen LogP contribution in [0.1, 0.15) is 23.7 Å². The summed E-state index contributed by atoms with van der Waals surface area (Å²) in [5.41, 5.74) is 0.153. The lowest BCUT2D eigenvalue weighted by molar-refractivity contribution is -0.137. The molecule has 1 atom stereocenters. The van der Waals surface area contributed by atoms with Gasteiger partial charge in [0, 0.05) is 13.0 Å². The van der Waals surface area contributed by atoms with Crippen LogP contribution in [0.4, 0.5) is 13.2 Å². The molecule has 148 valence electrons. The summed E-state index contributed by atoms with van der Waals surface area (Å²) in [4.78, 5) is 2.02. The third kappa shape index (κ3) is 5.79. The maximum atomic E-state index is 12.7. The molecular formula is C20H24F3NO3. The second kappa shape index (κ2) is 8.99. The van der Waals surface area contributed by atoms with Gasteiger partial charge in [-0.3, -0.25) is 0 Å². The Labute approximate surface area is 157 Å². The molecule has 2 aromatic rings. The van der Waals surface area contributed by atoms with E-state index in [9.17, 15) is 13.2 Å². The third-order valence-corrected chi connectivity index (χ3v) is 4.08. The fraction of sp³-hybridized carbons (Fsp3) is 0.400. The SMILES string of the molecule is COc1ccc(C(CCN(C)C)Oc2ccc(C(F)(F)F)cc2)cc1OC. The second-order valence-corrected chi connectivity index (χ2v) is 6.34. The van der Waals surface area contributed by atoms with Gasteiger partial charge < -0.3 is 19.1 Å². The number of benzene rings is 2. The van der Waals surface area contributed by atoms with Crippen LogP contribution in [-0.4, -0.2) is 39.8 Å². The van der Waals surface area contributed by atoms with Crippen molar-refractivity contribution in [1.82, 2.24) is 4.90 Å². The van der Waals surface area contributed by atoms with E-state index in [-0.39, 0.29) is 6.10 Å². The average Bonchev–Trinajstić information content (AvgIpc) is 2.64. The summed E-state index contributed by atoms with van der Waals surface area (Å²) in [6.45, 7) is 0.750. The monoisotopic (exact) mass is 383 g/mol. The maximum absolute atomic E-state index is 12.7. The quantitative estimate of drug-likeness (QED) is 0.656. The van der Waals surface area contributed by atoms with Crippen molar-refractivity contribution in [3.8, 4) is 17.2 Å². The summed E-state index contributed by atoms with van der Waals surface area (Å²) in [7, 11) is 7.00. The highest BCUT2D eigenvalue weighted by Crippen LogP contribution is 2.34. The van der Waals surface area contributed by atoms with E-state index in [0.717, 1.165) is 24.2 Å². The molecule has 1 unspecified atom stereocenters. The van der Waals surface area contributed by atoms with Gasteiger partial charge in [0.2, 0.25) is 0 Å². The molecule has 0 N–H and O–H groups in total. The van der Waals surface area contributed by atoms with Crippen LogP contribution in [0.5, 0.6) is 17.2 Å². The topological polar surface area (TPSA) is 30.9 Å². The van der Waals surface area contributed by atoms with Gasteiger partial charge in [-0.1, -0.05) is 6.07 Å². The van der Waals surface area contributed by atoms with Crippen LogP contribution < -0.4 is 14.2 Å². The first-order valence-corrected chi connectivity index (χ1v) is 8.45. The Morgan fingerprint density at radius 2 is 1.56 bits per heavy atom. The van der Waals surface area contributed by atoms with Crippen molar-refractivity contribution < 1.29 is 27.4 Å². The molecule has 0 aliphatic carbocycles. The van der Waals surface area contributed by atoms with E-state index in [2.05, 4.69) is 0 Å². The Morgan fingerprint density at radius 1 is 0.926 bits per heavy atom. The lowest BCUT2D eigenvalue weighted by Crippen LogP contribution is -2.19. The molecule has 2 rings (SSSR count). The van der Waals surface area contributed by atoms with E-state index >= 15 is 0 Å². The van der Waals surface area contributed by atoms with E-state index in [1.165, 1.54) is 12.1 Å². The number of hydrogen-bond acceptors (Lipinski definition) is 4. The highest BCUT2D eigenvalue weighted by molar-refractivity contribution is 5.44. The average molecular weight is 383 g/mol. The van der Waals surface area contributed by atoms with Gasteiger partial charge in [-0.15, -0.1) is 0 Å². The number of hydrogen-bond donors (Lipinski definition) is 0. The number of nitrogens with zero attached hydrogens (tertiary/aromatic N) is 1. The molecule has 0 spiro atoms. The highest BCUT2D eigenvalue weighted by Gasteiger charge is 2.30. The number of ether oxygens (including phenoxy) is 3. The minimum Gasteiger partial charge on any atom is -0.493 e. The minimum absolute atomic E-state index is 0.344. The molecule has 0 amide bonds. The van der Waals surface area contributed by atoms with Gasteiger partial charge in [0.15, 0.2) is 11.5 Å². The van der Waals surface area contributed by atoms with Crippen LogP contribution >= 0.6 is 0 Å². The third-order valence-electron chi connectivity index (χ3n) is 4.08. The molecule has 2 aromatic carbocycles. The van der Waals surface area contributed by atoms with Crippen LogP contribution in [0, 0.1) is 0 Å². The highest BCUT2D eigenvalue weighted by atomic mass is 19.4. The molecule has 0 heterocycles. The summed E-state index contributed by atoms with van der Waals surface area (Å²) in [5.74, 6) is 1.55. The van der Waals surface area contributed by atoms with Crippen LogP contribution in [0.3, 0.4) is 0 Å². The molecule has 0 saturated heterocycles. The normalized spacial score (nSPS) is 12.7. The number of halogens is 3. The summed E-state index contributed by atoms with van der Waals surface area (Å²) in [6.07, 6.45) is -4.06. The zero-order chi connectivity index (χ0) is 20.0. The molecule has 0 fully saturated rings. The predicted octanol–water partition coefficient (Wildman–Crippen LogP) is 4.79. The first kappa shape index (κ1) is 20.9. The van der Waals surface area contributed by atoms with Gasteiger partial charge in [-0.25, -0.2) is 0 Å². The summed E-state index contributed by atoms with van der Waals surface area (Å²) < 4.78 is 54.8. The Morgan fingerprint density at radius 3 is 2.07 bits per heavy atom. The number of alkyl halides is 3. The van der Waals surface area contributed by atoms with Gasteiger partial charge in [0.1, 0.15) is 11.9 Å². The lowest BCUT2D eigenvalue weighted by atomic mass is 10.0. The Kier molecular flexibility index (Phi) is 6.96. The molecule has 0 bridgehead atoms. The Hall–Kier alpha value is -2.41. The first-order valence-electron chi connectivity index (χ1n) is 8.45. The Balaban J connectivity index is 2.26. The van der Waals surface area contributed by atoms with Crippen LogP contribution in [-0.2, 0) is 6.18 Å². The first-order chi connectivity index (χ1) is 12.7. The van der Waals surface area contributed by atoms with Crippen molar-refractivity contribution in [1.29, 1.82) is 0 Å². The smallest absolute Gasteiger partial charge is 0.416 e. The van der Waals surface area contributed by atoms with Crippen LogP contribution in [0.25, 0.3) is 0 Å². The van der Waals surface area contributed by atoms with Crippen LogP contribution in [0.15, 0.2) is 42.5 Å². The molecule has 27 heavy (non-hydrogen) atoms. The standard InChI is InChI=1S/C20H24F3NO3/c1-24(2)12-11-17(14-5-10-18(25-3)19(13-14)26-4)27-16-8-6-15(7-9-16)20(21,22)23/h5-10,13,17H,11-12H2,1-4H3. The van der Waals surface area contributed by atoms with Crippen LogP contribution in [0.2, 0.25) is 0 Å². The van der Waals surface area contributed by atoms with Crippen molar-refractivity contribution in [2.75, 3.05) is 34.9 Å². The van der Waals surface area contributed by atoms with E-state index in [4.69, 9.17) is 14.2 Å². The lowest BCUT2D eigenvalue weighted by Gasteiger charge is -2.22. The van der Waals surface area contributed by atoms with E-state index < -0.39 is 11.7 Å². The fourth-order valence-electron chi connectivity index (χ4n) is 2.61. The summed E-state index contributed by atoms with van der Waals surface area (Å²) >= 11 is 0. The molecular weight excluding hydrogens is 359 g/mol. The summed E-state index contributed by atoms with van der Waals surface area (Å²) in [5, 5.41) is 0. The van der Waals surface area contributed by atoms with Gasteiger partial charge in [0.25, 0.3) is 0 Å². The molecule has 0 aromatic heterocycles. The zero-order valence-corrected chi connectivity index (χ0v) is 15.8. The van der Waals surface area contributed by atoms with E-state index in [1.54, 1.807) is 20.3 Å². The molecule has 4 nitrogen and oxygen atoms in total. The fourth-order valence-corrected chi connectivity index (χ4v) is 2.61. The van der Waals surface area contributed by atoms with E-state index in [0.29, 0.717) is 23.7 Å². The van der Waals surface area contributed by atoms with Crippen molar-refractivity contribution in [3.05, 3.63) is 53.6 Å². The van der Waals surface area contributed by atoms with Crippen molar-refractivity contribution in [2.45, 2.75) is 18.7 Å².